The van der Waals surface area contributed by atoms with Crippen LogP contribution in [0, 0.1) is 0 Å². The number of hydrogen-bond donors (Lipinski definition) is 1. The smallest absolute Gasteiger partial charge is 0.263 e. The van der Waals surface area contributed by atoms with E-state index in [1.807, 2.05) is 37.3 Å². The maximum absolute atomic E-state index is 12.3. The van der Waals surface area contributed by atoms with Gasteiger partial charge in [0.1, 0.15) is 17.9 Å². The van der Waals surface area contributed by atoms with E-state index in [1.165, 1.54) is 6.33 Å². The van der Waals surface area contributed by atoms with Gasteiger partial charge in [0.25, 0.3) is 5.91 Å². The molecule has 0 aliphatic heterocycles. The summed E-state index contributed by atoms with van der Waals surface area (Å²) in [5.74, 6) is 1.27. The number of carbonyl (C=O) groups is 1. The SMILES string of the molecule is CCC(Oc1ccccc1)C(=O)N(C)Cc1ncn[nH]1. The highest BCUT2D eigenvalue weighted by molar-refractivity contribution is 5.80. The molecule has 0 spiro atoms. The van der Waals surface area contributed by atoms with E-state index in [1.54, 1.807) is 11.9 Å². The number of hydrogen-bond acceptors (Lipinski definition) is 4. The number of likely N-dealkylation sites (N-methyl/N-ethyl adjacent to an activating group) is 1. The van der Waals surface area contributed by atoms with Crippen LogP contribution in [0.1, 0.15) is 19.2 Å². The van der Waals surface area contributed by atoms with Crippen molar-refractivity contribution < 1.29 is 9.53 Å². The fourth-order valence-corrected chi connectivity index (χ4v) is 1.83. The highest BCUT2D eigenvalue weighted by atomic mass is 16.5. The molecule has 0 radical (unpaired) electrons. The van der Waals surface area contributed by atoms with E-state index in [2.05, 4.69) is 15.2 Å². The summed E-state index contributed by atoms with van der Waals surface area (Å²) >= 11 is 0. The van der Waals surface area contributed by atoms with Crippen molar-refractivity contribution in [2.45, 2.75) is 26.0 Å². The summed E-state index contributed by atoms with van der Waals surface area (Å²) in [6, 6.07) is 9.35. The van der Waals surface area contributed by atoms with E-state index in [-0.39, 0.29) is 5.91 Å². The minimum absolute atomic E-state index is 0.0762. The summed E-state index contributed by atoms with van der Waals surface area (Å²) in [6.45, 7) is 2.31. The lowest BCUT2D eigenvalue weighted by Gasteiger charge is -2.23. The molecule has 6 nitrogen and oxygen atoms in total. The minimum atomic E-state index is -0.495. The van der Waals surface area contributed by atoms with E-state index < -0.39 is 6.10 Å². The number of aromatic nitrogens is 3. The van der Waals surface area contributed by atoms with Crippen molar-refractivity contribution >= 4 is 5.91 Å². The maximum Gasteiger partial charge on any atom is 0.263 e. The zero-order chi connectivity index (χ0) is 14.4. The number of ether oxygens (including phenoxy) is 1. The molecule has 0 saturated heterocycles. The summed E-state index contributed by atoms with van der Waals surface area (Å²) in [6.07, 6.45) is 1.53. The van der Waals surface area contributed by atoms with Crippen molar-refractivity contribution in [2.24, 2.45) is 0 Å². The van der Waals surface area contributed by atoms with Gasteiger partial charge in [-0.1, -0.05) is 25.1 Å². The van der Waals surface area contributed by atoms with Crippen LogP contribution in [0.15, 0.2) is 36.7 Å². The lowest BCUT2D eigenvalue weighted by atomic mass is 10.2. The number of benzene rings is 1. The van der Waals surface area contributed by atoms with Crippen LogP contribution in [0.25, 0.3) is 0 Å². The molecule has 1 unspecified atom stereocenters. The average molecular weight is 274 g/mol. The summed E-state index contributed by atoms with van der Waals surface area (Å²) in [5.41, 5.74) is 0. The molecular weight excluding hydrogens is 256 g/mol. The van der Waals surface area contributed by atoms with Crippen LogP contribution in [0.4, 0.5) is 0 Å². The highest BCUT2D eigenvalue weighted by Gasteiger charge is 2.22. The summed E-state index contributed by atoms with van der Waals surface area (Å²) < 4.78 is 5.73. The molecular formula is C14H18N4O2. The third-order valence-corrected chi connectivity index (χ3v) is 2.90. The molecule has 20 heavy (non-hydrogen) atoms. The van der Waals surface area contributed by atoms with Gasteiger partial charge in [-0.2, -0.15) is 5.10 Å². The second-order valence-electron chi connectivity index (χ2n) is 4.45. The van der Waals surface area contributed by atoms with Crippen molar-refractivity contribution in [1.82, 2.24) is 20.1 Å². The normalized spacial score (nSPS) is 11.9. The Bertz CT molecular complexity index is 527. The van der Waals surface area contributed by atoms with Crippen molar-refractivity contribution in [3.8, 4) is 5.75 Å². The predicted molar refractivity (Wildman–Crippen MR) is 74.0 cm³/mol. The number of carbonyl (C=O) groups excluding carboxylic acids is 1. The largest absolute Gasteiger partial charge is 0.481 e. The maximum atomic E-state index is 12.3. The molecule has 1 heterocycles. The second-order valence-corrected chi connectivity index (χ2v) is 4.45. The number of aromatic amines is 1. The van der Waals surface area contributed by atoms with Crippen LogP contribution in [0.2, 0.25) is 0 Å². The van der Waals surface area contributed by atoms with E-state index >= 15 is 0 Å². The number of nitrogens with one attached hydrogen (secondary N) is 1. The molecule has 0 bridgehead atoms. The van der Waals surface area contributed by atoms with Crippen LogP contribution < -0.4 is 4.74 Å². The Hall–Kier alpha value is -2.37. The molecule has 1 atom stereocenters. The van der Waals surface area contributed by atoms with Gasteiger partial charge in [0.15, 0.2) is 6.10 Å². The van der Waals surface area contributed by atoms with Gasteiger partial charge < -0.3 is 9.64 Å². The molecule has 2 aromatic rings. The van der Waals surface area contributed by atoms with E-state index in [4.69, 9.17) is 4.74 Å². The molecule has 1 aromatic carbocycles. The molecule has 6 heteroatoms. The Kier molecular flexibility index (Phi) is 4.70. The van der Waals surface area contributed by atoms with Gasteiger partial charge >= 0.3 is 0 Å². The minimum Gasteiger partial charge on any atom is -0.481 e. The predicted octanol–water partition coefficient (Wildman–Crippen LogP) is 1.62. The zero-order valence-corrected chi connectivity index (χ0v) is 11.6. The van der Waals surface area contributed by atoms with Crippen molar-refractivity contribution in [2.75, 3.05) is 7.05 Å². The number of amides is 1. The van der Waals surface area contributed by atoms with E-state index in [9.17, 15) is 4.79 Å². The fraction of sp³-hybridized carbons (Fsp3) is 0.357. The summed E-state index contributed by atoms with van der Waals surface area (Å²) in [7, 11) is 1.72. The van der Waals surface area contributed by atoms with Crippen molar-refractivity contribution in [3.05, 3.63) is 42.5 Å². The van der Waals surface area contributed by atoms with Crippen LogP contribution in [0.5, 0.6) is 5.75 Å². The van der Waals surface area contributed by atoms with Crippen LogP contribution in [-0.4, -0.2) is 39.1 Å². The summed E-state index contributed by atoms with van der Waals surface area (Å²) in [5, 5.41) is 6.50. The molecule has 106 valence electrons. The Labute approximate surface area is 117 Å². The van der Waals surface area contributed by atoms with E-state index in [0.717, 1.165) is 0 Å². The third-order valence-electron chi connectivity index (χ3n) is 2.90. The first-order valence-electron chi connectivity index (χ1n) is 6.51. The first-order chi connectivity index (χ1) is 9.70. The van der Waals surface area contributed by atoms with Gasteiger partial charge in [-0.15, -0.1) is 0 Å². The number of para-hydroxylation sites is 1. The molecule has 0 fully saturated rings. The lowest BCUT2D eigenvalue weighted by Crippen LogP contribution is -2.39. The number of H-pyrrole nitrogens is 1. The highest BCUT2D eigenvalue weighted by Crippen LogP contribution is 2.14. The molecule has 1 N–H and O–H groups in total. The quantitative estimate of drug-likeness (QED) is 0.869. The van der Waals surface area contributed by atoms with Crippen molar-refractivity contribution in [3.63, 3.8) is 0 Å². The zero-order valence-electron chi connectivity index (χ0n) is 11.6. The third kappa shape index (κ3) is 3.57. The fourth-order valence-electron chi connectivity index (χ4n) is 1.83. The van der Waals surface area contributed by atoms with Crippen molar-refractivity contribution in [1.29, 1.82) is 0 Å². The first-order valence-corrected chi connectivity index (χ1v) is 6.51. The van der Waals surface area contributed by atoms with Gasteiger partial charge in [-0.3, -0.25) is 9.89 Å². The van der Waals surface area contributed by atoms with Gasteiger partial charge in [-0.25, -0.2) is 4.98 Å². The molecule has 0 aliphatic carbocycles. The topological polar surface area (TPSA) is 71.1 Å². The second kappa shape index (κ2) is 6.70. The number of rotatable bonds is 6. The molecule has 1 aromatic heterocycles. The lowest BCUT2D eigenvalue weighted by molar-refractivity contribution is -0.138. The molecule has 0 aliphatic rings. The Morgan fingerprint density at radius 2 is 2.15 bits per heavy atom. The Balaban J connectivity index is 1.97. The monoisotopic (exact) mass is 274 g/mol. The average Bonchev–Trinajstić information content (AvgIpc) is 2.98. The van der Waals surface area contributed by atoms with Gasteiger partial charge in [-0.05, 0) is 18.6 Å². The standard InChI is InChI=1S/C14H18N4O2/c1-3-12(20-11-7-5-4-6-8-11)14(19)18(2)9-13-15-10-16-17-13/h4-8,10,12H,3,9H2,1-2H3,(H,15,16,17). The van der Waals surface area contributed by atoms with Crippen LogP contribution >= 0.6 is 0 Å². The van der Waals surface area contributed by atoms with Crippen LogP contribution in [-0.2, 0) is 11.3 Å². The van der Waals surface area contributed by atoms with Crippen LogP contribution in [0.3, 0.4) is 0 Å². The number of nitrogens with zero attached hydrogens (tertiary/aromatic N) is 3. The Morgan fingerprint density at radius 1 is 1.40 bits per heavy atom. The summed E-state index contributed by atoms with van der Waals surface area (Å²) in [4.78, 5) is 17.9. The first kappa shape index (κ1) is 14.0. The molecule has 0 saturated carbocycles. The molecule has 2 rings (SSSR count). The van der Waals surface area contributed by atoms with Gasteiger partial charge in [0, 0.05) is 7.05 Å². The van der Waals surface area contributed by atoms with E-state index in [0.29, 0.717) is 24.5 Å². The van der Waals surface area contributed by atoms with Gasteiger partial charge in [0.2, 0.25) is 0 Å². The molecule has 1 amide bonds. The van der Waals surface area contributed by atoms with Gasteiger partial charge in [0.05, 0.1) is 6.54 Å². The Morgan fingerprint density at radius 3 is 2.75 bits per heavy atom.